The molecule has 154 valence electrons. The Morgan fingerprint density at radius 3 is 2.66 bits per heavy atom. The molecule has 0 saturated carbocycles. The molecule has 1 amide bonds. The molecule has 29 heavy (non-hydrogen) atoms. The van der Waals surface area contributed by atoms with Gasteiger partial charge in [-0.2, -0.15) is 0 Å². The predicted molar refractivity (Wildman–Crippen MR) is 117 cm³/mol. The number of aromatic nitrogens is 2. The first-order valence-electron chi connectivity index (χ1n) is 9.60. The maximum atomic E-state index is 12.8. The average molecular weight is 415 g/mol. The molecule has 2 aromatic heterocycles. The monoisotopic (exact) mass is 414 g/mol. The average Bonchev–Trinajstić information content (AvgIpc) is 3.00. The topological polar surface area (TPSA) is 87.3 Å². The summed E-state index contributed by atoms with van der Waals surface area (Å²) in [5, 5.41) is 3.36. The van der Waals surface area contributed by atoms with Crippen molar-refractivity contribution in [1.29, 1.82) is 0 Å². The summed E-state index contributed by atoms with van der Waals surface area (Å²) in [4.78, 5) is 35.6. The zero-order valence-corrected chi connectivity index (χ0v) is 18.0. The molecule has 2 N–H and O–H groups in total. The molecule has 0 atom stereocenters. The van der Waals surface area contributed by atoms with E-state index >= 15 is 0 Å². The summed E-state index contributed by atoms with van der Waals surface area (Å²) in [6.07, 6.45) is 2.09. The van der Waals surface area contributed by atoms with E-state index in [2.05, 4.69) is 22.2 Å². The molecule has 7 nitrogen and oxygen atoms in total. The zero-order valence-electron chi connectivity index (χ0n) is 17.2. The number of hydrogen-bond acceptors (Lipinski definition) is 6. The van der Waals surface area contributed by atoms with E-state index in [0.29, 0.717) is 45.3 Å². The Balaban J connectivity index is 1.79. The van der Waals surface area contributed by atoms with Gasteiger partial charge in [-0.05, 0) is 57.3 Å². The fraction of sp³-hybridized carbons (Fsp3) is 0.381. The number of thiophene rings is 1. The van der Waals surface area contributed by atoms with Crippen molar-refractivity contribution in [2.45, 2.75) is 33.2 Å². The van der Waals surface area contributed by atoms with E-state index in [1.54, 1.807) is 6.92 Å². The van der Waals surface area contributed by atoms with Gasteiger partial charge in [0.2, 0.25) is 0 Å². The summed E-state index contributed by atoms with van der Waals surface area (Å²) >= 11 is 1.24. The Morgan fingerprint density at radius 1 is 1.28 bits per heavy atom. The van der Waals surface area contributed by atoms with Crippen molar-refractivity contribution < 1.29 is 9.53 Å². The van der Waals surface area contributed by atoms with Gasteiger partial charge in [-0.15, -0.1) is 11.3 Å². The highest BCUT2D eigenvalue weighted by atomic mass is 32.1. The quantitative estimate of drug-likeness (QED) is 0.548. The van der Waals surface area contributed by atoms with Crippen molar-refractivity contribution in [3.8, 4) is 5.75 Å². The van der Waals surface area contributed by atoms with Gasteiger partial charge in [0.05, 0.1) is 23.4 Å². The first-order valence-corrected chi connectivity index (χ1v) is 10.4. The lowest BCUT2D eigenvalue weighted by Gasteiger charge is -2.08. The van der Waals surface area contributed by atoms with Gasteiger partial charge in [-0.1, -0.05) is 13.3 Å². The van der Waals surface area contributed by atoms with Crippen LogP contribution in [0.4, 0.5) is 5.69 Å². The van der Waals surface area contributed by atoms with Gasteiger partial charge in [0.15, 0.2) is 0 Å². The van der Waals surface area contributed by atoms with Gasteiger partial charge in [-0.25, -0.2) is 4.98 Å². The van der Waals surface area contributed by atoms with Gasteiger partial charge >= 0.3 is 0 Å². The molecule has 0 saturated heterocycles. The highest BCUT2D eigenvalue weighted by Gasteiger charge is 2.19. The SMILES string of the molecule is CCCCOc1ccc(NC(=O)c2sc3nc(CN(C)C)[nH]c(=O)c3c2C)cc1. The number of benzene rings is 1. The van der Waals surface area contributed by atoms with Crippen LogP contribution in [0.15, 0.2) is 29.1 Å². The molecule has 0 aliphatic heterocycles. The van der Waals surface area contributed by atoms with Gasteiger partial charge in [-0.3, -0.25) is 9.59 Å². The fourth-order valence-electron chi connectivity index (χ4n) is 2.94. The van der Waals surface area contributed by atoms with Crippen LogP contribution in [0.5, 0.6) is 5.75 Å². The van der Waals surface area contributed by atoms with E-state index in [1.165, 1.54) is 11.3 Å². The van der Waals surface area contributed by atoms with E-state index in [0.717, 1.165) is 18.6 Å². The van der Waals surface area contributed by atoms with E-state index in [-0.39, 0.29) is 11.5 Å². The normalized spacial score (nSPS) is 11.2. The second-order valence-corrected chi connectivity index (χ2v) is 8.17. The molecule has 0 radical (unpaired) electrons. The van der Waals surface area contributed by atoms with Crippen LogP contribution in [0, 0.1) is 6.92 Å². The van der Waals surface area contributed by atoms with Crippen LogP contribution in [-0.4, -0.2) is 41.5 Å². The molecule has 3 rings (SSSR count). The van der Waals surface area contributed by atoms with Crippen LogP contribution in [0.2, 0.25) is 0 Å². The number of fused-ring (bicyclic) bond motifs is 1. The molecule has 1 aromatic carbocycles. The maximum Gasteiger partial charge on any atom is 0.266 e. The highest BCUT2D eigenvalue weighted by molar-refractivity contribution is 7.20. The lowest BCUT2D eigenvalue weighted by Crippen LogP contribution is -2.18. The number of unbranched alkanes of at least 4 members (excludes halogenated alkanes) is 1. The van der Waals surface area contributed by atoms with Gasteiger partial charge in [0.1, 0.15) is 16.4 Å². The summed E-state index contributed by atoms with van der Waals surface area (Å²) < 4.78 is 5.64. The number of nitrogens with one attached hydrogen (secondary N) is 2. The standard InChI is InChI=1S/C21H26N4O3S/c1-5-6-11-28-15-9-7-14(8-10-15)22-20(27)18-13(2)17-19(26)23-16(12-25(3)4)24-21(17)29-18/h7-10H,5-6,11-12H2,1-4H3,(H,22,27)(H,23,24,26). The second kappa shape index (κ2) is 9.19. The van der Waals surface area contributed by atoms with Gasteiger partial charge < -0.3 is 19.9 Å². The highest BCUT2D eigenvalue weighted by Crippen LogP contribution is 2.28. The fourth-order valence-corrected chi connectivity index (χ4v) is 4.03. The van der Waals surface area contributed by atoms with Crippen molar-refractivity contribution in [2.75, 3.05) is 26.0 Å². The Morgan fingerprint density at radius 2 is 2.00 bits per heavy atom. The first-order chi connectivity index (χ1) is 13.9. The molecule has 0 unspecified atom stereocenters. The molecule has 0 aliphatic rings. The van der Waals surface area contributed by atoms with Crippen LogP contribution < -0.4 is 15.6 Å². The van der Waals surface area contributed by atoms with Crippen molar-refractivity contribution in [3.63, 3.8) is 0 Å². The van der Waals surface area contributed by atoms with E-state index in [4.69, 9.17) is 4.74 Å². The predicted octanol–water partition coefficient (Wildman–Crippen LogP) is 3.79. The Bertz CT molecular complexity index is 1050. The Labute approximate surface area is 173 Å². The van der Waals surface area contributed by atoms with Crippen LogP contribution in [0.25, 0.3) is 10.2 Å². The molecule has 0 aliphatic carbocycles. The zero-order chi connectivity index (χ0) is 21.0. The molecule has 2 heterocycles. The third kappa shape index (κ3) is 5.02. The minimum atomic E-state index is -0.251. The number of H-pyrrole nitrogens is 1. The summed E-state index contributed by atoms with van der Waals surface area (Å²) in [7, 11) is 3.81. The number of anilines is 1. The van der Waals surface area contributed by atoms with Crippen molar-refractivity contribution in [2.24, 2.45) is 0 Å². The number of rotatable bonds is 8. The van der Waals surface area contributed by atoms with Crippen molar-refractivity contribution >= 4 is 33.1 Å². The maximum absolute atomic E-state index is 12.8. The third-order valence-electron chi connectivity index (χ3n) is 4.40. The van der Waals surface area contributed by atoms with Crippen molar-refractivity contribution in [1.82, 2.24) is 14.9 Å². The molecule has 0 spiro atoms. The number of aryl methyl sites for hydroxylation is 1. The molecule has 3 aromatic rings. The number of aromatic amines is 1. The van der Waals surface area contributed by atoms with E-state index in [9.17, 15) is 9.59 Å². The van der Waals surface area contributed by atoms with Crippen LogP contribution in [-0.2, 0) is 6.54 Å². The van der Waals surface area contributed by atoms with Crippen LogP contribution >= 0.6 is 11.3 Å². The minimum absolute atomic E-state index is 0.215. The first kappa shape index (κ1) is 21.0. The largest absolute Gasteiger partial charge is 0.494 e. The number of ether oxygens (including phenoxy) is 1. The van der Waals surface area contributed by atoms with E-state index in [1.807, 2.05) is 43.3 Å². The van der Waals surface area contributed by atoms with Crippen LogP contribution in [0.3, 0.4) is 0 Å². The van der Waals surface area contributed by atoms with E-state index < -0.39 is 0 Å². The Kier molecular flexibility index (Phi) is 6.66. The molecule has 0 bridgehead atoms. The molecule has 0 fully saturated rings. The lowest BCUT2D eigenvalue weighted by molar-refractivity contribution is 0.103. The molecule has 8 heteroatoms. The van der Waals surface area contributed by atoms with Gasteiger partial charge in [0.25, 0.3) is 11.5 Å². The number of hydrogen-bond donors (Lipinski definition) is 2. The summed E-state index contributed by atoms with van der Waals surface area (Å²) in [6, 6.07) is 7.29. The number of amides is 1. The smallest absolute Gasteiger partial charge is 0.266 e. The lowest BCUT2D eigenvalue weighted by atomic mass is 10.2. The summed E-state index contributed by atoms with van der Waals surface area (Å²) in [6.45, 7) is 5.10. The minimum Gasteiger partial charge on any atom is -0.494 e. The van der Waals surface area contributed by atoms with Crippen molar-refractivity contribution in [3.05, 3.63) is 50.9 Å². The number of carbonyl (C=O) groups is 1. The summed E-state index contributed by atoms with van der Waals surface area (Å²) in [5.74, 6) is 1.11. The van der Waals surface area contributed by atoms with Gasteiger partial charge in [0, 0.05) is 5.69 Å². The summed E-state index contributed by atoms with van der Waals surface area (Å²) in [5.41, 5.74) is 1.10. The Hall–Kier alpha value is -2.71. The molecular formula is C21H26N4O3S. The number of nitrogens with zero attached hydrogens (tertiary/aromatic N) is 2. The van der Waals surface area contributed by atoms with Crippen LogP contribution in [0.1, 0.15) is 40.8 Å². The third-order valence-corrected chi connectivity index (χ3v) is 5.59. The second-order valence-electron chi connectivity index (χ2n) is 7.17. The molecular weight excluding hydrogens is 388 g/mol. The number of carbonyl (C=O) groups excluding carboxylic acids is 1.